The highest BCUT2D eigenvalue weighted by Crippen LogP contribution is 2.28. The average molecular weight is 587 g/mol. The summed E-state index contributed by atoms with van der Waals surface area (Å²) in [6.45, 7) is 7.30. The van der Waals surface area contributed by atoms with Crippen molar-refractivity contribution in [2.75, 3.05) is 17.4 Å². The number of amides is 2. The Morgan fingerprint density at radius 1 is 0.973 bits per heavy atom. The average Bonchev–Trinajstić information content (AvgIpc) is 2.87. The van der Waals surface area contributed by atoms with Crippen LogP contribution in [0.1, 0.15) is 30.5 Å². The lowest BCUT2D eigenvalue weighted by Gasteiger charge is -2.32. The van der Waals surface area contributed by atoms with E-state index in [9.17, 15) is 18.0 Å². The van der Waals surface area contributed by atoms with Gasteiger partial charge in [-0.05, 0) is 69.2 Å². The second kappa shape index (κ2) is 12.4. The predicted octanol–water partition coefficient (Wildman–Crippen LogP) is 4.81. The third kappa shape index (κ3) is 6.99. The van der Waals surface area contributed by atoms with Gasteiger partial charge in [0.25, 0.3) is 10.0 Å². The van der Waals surface area contributed by atoms with Gasteiger partial charge in [0.2, 0.25) is 11.8 Å². The van der Waals surface area contributed by atoms with E-state index in [4.69, 9.17) is 0 Å². The Morgan fingerprint density at radius 3 is 2.22 bits per heavy atom. The lowest BCUT2D eigenvalue weighted by Crippen LogP contribution is -2.51. The zero-order valence-corrected chi connectivity index (χ0v) is 23.8. The molecule has 0 spiro atoms. The summed E-state index contributed by atoms with van der Waals surface area (Å²) in [5.41, 5.74) is 2.93. The number of halogens is 1. The largest absolute Gasteiger partial charge is 0.355 e. The van der Waals surface area contributed by atoms with Gasteiger partial charge in [0.15, 0.2) is 0 Å². The van der Waals surface area contributed by atoms with Crippen molar-refractivity contribution in [2.24, 2.45) is 0 Å². The van der Waals surface area contributed by atoms with Gasteiger partial charge in [-0.25, -0.2) is 8.42 Å². The molecular formula is C28H32BrN3O4S. The normalized spacial score (nSPS) is 12.0. The molecule has 3 aromatic rings. The Kier molecular flexibility index (Phi) is 9.50. The zero-order valence-electron chi connectivity index (χ0n) is 21.4. The first kappa shape index (κ1) is 28.4. The zero-order chi connectivity index (χ0) is 27.2. The molecule has 0 aromatic heterocycles. The van der Waals surface area contributed by atoms with Crippen molar-refractivity contribution in [3.05, 3.63) is 94.0 Å². The van der Waals surface area contributed by atoms with Crippen LogP contribution in [0.25, 0.3) is 0 Å². The van der Waals surface area contributed by atoms with Gasteiger partial charge >= 0.3 is 0 Å². The van der Waals surface area contributed by atoms with E-state index in [0.29, 0.717) is 12.2 Å². The smallest absolute Gasteiger partial charge is 0.264 e. The number of nitrogens with one attached hydrogen (secondary N) is 1. The fraction of sp³-hybridized carbons (Fsp3) is 0.286. The maximum atomic E-state index is 13.8. The van der Waals surface area contributed by atoms with E-state index >= 15 is 0 Å². The molecule has 0 bridgehead atoms. The Balaban J connectivity index is 2.04. The molecule has 1 N–H and O–H groups in total. The van der Waals surface area contributed by atoms with Gasteiger partial charge < -0.3 is 10.2 Å². The highest BCUT2D eigenvalue weighted by Gasteiger charge is 2.33. The van der Waals surface area contributed by atoms with Gasteiger partial charge in [-0.2, -0.15) is 0 Å². The SMILES string of the molecule is CCNC(=O)C(C)N(Cc1ccc(Br)cc1)C(=O)CN(c1ccc(C)cc1C)S(=O)(=O)c1ccccc1. The van der Waals surface area contributed by atoms with Crippen molar-refractivity contribution in [1.29, 1.82) is 0 Å². The quantitative estimate of drug-likeness (QED) is 0.370. The number of hydrogen-bond acceptors (Lipinski definition) is 4. The topological polar surface area (TPSA) is 86.8 Å². The van der Waals surface area contributed by atoms with Gasteiger partial charge in [0, 0.05) is 17.6 Å². The summed E-state index contributed by atoms with van der Waals surface area (Å²) in [7, 11) is -4.07. The molecule has 0 heterocycles. The molecule has 1 atom stereocenters. The summed E-state index contributed by atoms with van der Waals surface area (Å²) < 4.78 is 29.6. The molecule has 0 fully saturated rings. The van der Waals surface area contributed by atoms with Gasteiger partial charge in [-0.15, -0.1) is 0 Å². The van der Waals surface area contributed by atoms with E-state index in [1.165, 1.54) is 17.0 Å². The summed E-state index contributed by atoms with van der Waals surface area (Å²) in [6, 6.07) is 20.1. The van der Waals surface area contributed by atoms with Gasteiger partial charge in [0.1, 0.15) is 12.6 Å². The Morgan fingerprint density at radius 2 is 1.62 bits per heavy atom. The van der Waals surface area contributed by atoms with Crippen LogP contribution in [0.15, 0.2) is 82.2 Å². The number of rotatable bonds is 10. The van der Waals surface area contributed by atoms with Crippen molar-refractivity contribution < 1.29 is 18.0 Å². The minimum atomic E-state index is -4.07. The van der Waals surface area contributed by atoms with Gasteiger partial charge in [0.05, 0.1) is 10.6 Å². The minimum Gasteiger partial charge on any atom is -0.355 e. The van der Waals surface area contributed by atoms with Gasteiger partial charge in [-0.1, -0.05) is 64.0 Å². The van der Waals surface area contributed by atoms with Crippen LogP contribution in [0, 0.1) is 13.8 Å². The summed E-state index contributed by atoms with van der Waals surface area (Å²) in [5.74, 6) is -0.793. The molecule has 9 heteroatoms. The maximum absolute atomic E-state index is 13.8. The standard InChI is InChI=1S/C28H32BrN3O4S/c1-5-30-28(34)22(4)31(18-23-12-14-24(29)15-13-23)27(33)19-32(26-16-11-20(2)17-21(26)3)37(35,36)25-9-7-6-8-10-25/h6-17,22H,5,18-19H2,1-4H3,(H,30,34). The third-order valence-electron chi connectivity index (χ3n) is 6.02. The number of anilines is 1. The van der Waals surface area contributed by atoms with E-state index in [0.717, 1.165) is 25.5 Å². The molecule has 1 unspecified atom stereocenters. The molecule has 2 amide bonds. The maximum Gasteiger partial charge on any atom is 0.264 e. The number of aryl methyl sites for hydroxylation is 2. The molecule has 0 aliphatic rings. The summed E-state index contributed by atoms with van der Waals surface area (Å²) in [4.78, 5) is 28.1. The van der Waals surface area contributed by atoms with E-state index in [1.54, 1.807) is 38.1 Å². The molecule has 0 saturated carbocycles. The molecule has 7 nitrogen and oxygen atoms in total. The summed E-state index contributed by atoms with van der Waals surface area (Å²) >= 11 is 3.41. The van der Waals surface area contributed by atoms with E-state index in [1.807, 2.05) is 50.2 Å². The van der Waals surface area contributed by atoms with E-state index < -0.39 is 28.5 Å². The molecular weight excluding hydrogens is 554 g/mol. The summed E-state index contributed by atoms with van der Waals surface area (Å²) in [5, 5.41) is 2.76. The molecule has 196 valence electrons. The number of benzene rings is 3. The summed E-state index contributed by atoms with van der Waals surface area (Å²) in [6.07, 6.45) is 0. The number of sulfonamides is 1. The van der Waals surface area contributed by atoms with E-state index in [2.05, 4.69) is 21.2 Å². The third-order valence-corrected chi connectivity index (χ3v) is 8.32. The lowest BCUT2D eigenvalue weighted by molar-refractivity contribution is -0.139. The second-order valence-electron chi connectivity index (χ2n) is 8.83. The Hall–Kier alpha value is -3.17. The molecule has 37 heavy (non-hydrogen) atoms. The van der Waals surface area contributed by atoms with Crippen LogP contribution in [0.5, 0.6) is 0 Å². The number of nitrogens with zero attached hydrogens (tertiary/aromatic N) is 2. The van der Waals surface area contributed by atoms with Crippen LogP contribution < -0.4 is 9.62 Å². The molecule has 0 saturated heterocycles. The number of likely N-dealkylation sites (N-methyl/N-ethyl adjacent to an activating group) is 1. The van der Waals surface area contributed by atoms with Crippen LogP contribution >= 0.6 is 15.9 Å². The number of hydrogen-bond donors (Lipinski definition) is 1. The van der Waals surface area contributed by atoms with Gasteiger partial charge in [-0.3, -0.25) is 13.9 Å². The number of carbonyl (C=O) groups is 2. The van der Waals surface area contributed by atoms with Crippen molar-refractivity contribution in [3.63, 3.8) is 0 Å². The first-order valence-corrected chi connectivity index (χ1v) is 14.2. The van der Waals surface area contributed by atoms with E-state index in [-0.39, 0.29) is 17.3 Å². The first-order chi connectivity index (χ1) is 17.5. The van der Waals surface area contributed by atoms with Crippen LogP contribution in [0.4, 0.5) is 5.69 Å². The lowest BCUT2D eigenvalue weighted by atomic mass is 10.1. The molecule has 0 radical (unpaired) electrons. The highest BCUT2D eigenvalue weighted by atomic mass is 79.9. The fourth-order valence-electron chi connectivity index (χ4n) is 4.01. The van der Waals surface area contributed by atoms with Crippen LogP contribution in [0.3, 0.4) is 0 Å². The molecule has 0 aliphatic heterocycles. The highest BCUT2D eigenvalue weighted by molar-refractivity contribution is 9.10. The molecule has 0 aliphatic carbocycles. The number of carbonyl (C=O) groups excluding carboxylic acids is 2. The molecule has 3 rings (SSSR count). The first-order valence-electron chi connectivity index (χ1n) is 12.0. The van der Waals surface area contributed by atoms with Crippen molar-refractivity contribution in [2.45, 2.75) is 45.2 Å². The van der Waals surface area contributed by atoms with Crippen LogP contribution in [-0.2, 0) is 26.2 Å². The Bertz CT molecular complexity index is 1350. The second-order valence-corrected chi connectivity index (χ2v) is 11.6. The minimum absolute atomic E-state index is 0.0824. The van der Waals surface area contributed by atoms with Crippen LogP contribution in [0.2, 0.25) is 0 Å². The monoisotopic (exact) mass is 585 g/mol. The van der Waals surface area contributed by atoms with Crippen molar-refractivity contribution in [1.82, 2.24) is 10.2 Å². The van der Waals surface area contributed by atoms with Crippen molar-refractivity contribution in [3.8, 4) is 0 Å². The Labute approximate surface area is 227 Å². The fourth-order valence-corrected chi connectivity index (χ4v) is 5.77. The van der Waals surface area contributed by atoms with Crippen molar-refractivity contribution >= 4 is 43.5 Å². The predicted molar refractivity (Wildman–Crippen MR) is 150 cm³/mol. The van der Waals surface area contributed by atoms with Crippen LogP contribution in [-0.4, -0.2) is 44.3 Å². The molecule has 3 aromatic carbocycles.